The zero-order valence-electron chi connectivity index (χ0n) is 13.3. The van der Waals surface area contributed by atoms with Gasteiger partial charge in [-0.05, 0) is 30.7 Å². The number of benzene rings is 2. The van der Waals surface area contributed by atoms with Crippen LogP contribution in [0.5, 0.6) is 5.75 Å². The van der Waals surface area contributed by atoms with E-state index in [0.717, 1.165) is 0 Å². The van der Waals surface area contributed by atoms with Gasteiger partial charge >= 0.3 is 0 Å². The molecule has 0 radical (unpaired) electrons. The van der Waals surface area contributed by atoms with Crippen LogP contribution in [-0.4, -0.2) is 17.4 Å². The largest absolute Gasteiger partial charge is 0.483 e. The Morgan fingerprint density at radius 1 is 1.36 bits per heavy atom. The molecule has 0 heterocycles. The predicted octanol–water partition coefficient (Wildman–Crippen LogP) is 3.21. The van der Waals surface area contributed by atoms with Gasteiger partial charge in [-0.1, -0.05) is 12.1 Å². The first-order valence-corrected chi connectivity index (χ1v) is 7.34. The monoisotopic (exact) mass is 337 g/mol. The van der Waals surface area contributed by atoms with Gasteiger partial charge in [-0.2, -0.15) is 5.26 Å². The second-order valence-electron chi connectivity index (χ2n) is 5.07. The third kappa shape index (κ3) is 4.91. The Bertz CT molecular complexity index is 856. The van der Waals surface area contributed by atoms with Crippen LogP contribution in [0, 0.1) is 21.4 Å². The maximum absolute atomic E-state index is 12.0. The van der Waals surface area contributed by atoms with Gasteiger partial charge in [-0.25, -0.2) is 0 Å². The number of nitrogens with zero attached hydrogens (tertiary/aromatic N) is 2. The molecule has 0 aliphatic rings. The van der Waals surface area contributed by atoms with Crippen LogP contribution in [0.15, 0.2) is 55.1 Å². The lowest BCUT2D eigenvalue weighted by Gasteiger charge is -2.11. The van der Waals surface area contributed by atoms with Gasteiger partial charge in [0.1, 0.15) is 5.75 Å². The highest BCUT2D eigenvalue weighted by Crippen LogP contribution is 2.25. The Balaban J connectivity index is 2.04. The van der Waals surface area contributed by atoms with Crippen molar-refractivity contribution in [3.05, 3.63) is 76.4 Å². The first kappa shape index (κ1) is 17.7. The fourth-order valence-electron chi connectivity index (χ4n) is 2.14. The molecule has 2 rings (SSSR count). The number of rotatable bonds is 7. The molecule has 7 heteroatoms. The van der Waals surface area contributed by atoms with Crippen molar-refractivity contribution in [2.75, 3.05) is 11.9 Å². The Morgan fingerprint density at radius 3 is 2.84 bits per heavy atom. The lowest BCUT2D eigenvalue weighted by Crippen LogP contribution is -2.20. The lowest BCUT2D eigenvalue weighted by atomic mass is 10.1. The van der Waals surface area contributed by atoms with Crippen molar-refractivity contribution >= 4 is 17.3 Å². The molecule has 25 heavy (non-hydrogen) atoms. The van der Waals surface area contributed by atoms with E-state index in [1.807, 2.05) is 6.07 Å². The normalized spacial score (nSPS) is 9.72. The van der Waals surface area contributed by atoms with Crippen molar-refractivity contribution in [3.8, 4) is 11.8 Å². The van der Waals surface area contributed by atoms with Crippen molar-refractivity contribution in [3.63, 3.8) is 0 Å². The predicted molar refractivity (Wildman–Crippen MR) is 92.3 cm³/mol. The fourth-order valence-corrected chi connectivity index (χ4v) is 2.14. The summed E-state index contributed by atoms with van der Waals surface area (Å²) in [6.07, 6.45) is 1.97. The topological polar surface area (TPSA) is 105 Å². The minimum Gasteiger partial charge on any atom is -0.483 e. The van der Waals surface area contributed by atoms with Crippen LogP contribution >= 0.6 is 0 Å². The van der Waals surface area contributed by atoms with Gasteiger partial charge in [0.15, 0.2) is 6.61 Å². The molecule has 0 saturated carbocycles. The molecule has 1 N–H and O–H groups in total. The van der Waals surface area contributed by atoms with Crippen LogP contribution in [0.25, 0.3) is 0 Å². The molecule has 0 aliphatic heterocycles. The minimum atomic E-state index is -0.495. The number of ether oxygens (including phenoxy) is 1. The highest BCUT2D eigenvalue weighted by molar-refractivity contribution is 5.92. The molecular weight excluding hydrogens is 322 g/mol. The lowest BCUT2D eigenvalue weighted by molar-refractivity contribution is -0.384. The molecule has 0 aromatic heterocycles. The van der Waals surface area contributed by atoms with Gasteiger partial charge in [0.2, 0.25) is 0 Å². The van der Waals surface area contributed by atoms with Crippen molar-refractivity contribution in [2.45, 2.75) is 6.42 Å². The molecule has 0 bridgehead atoms. The van der Waals surface area contributed by atoms with E-state index in [2.05, 4.69) is 11.9 Å². The molecule has 0 aliphatic carbocycles. The molecule has 1 amide bonds. The number of hydrogen-bond donors (Lipinski definition) is 1. The number of nitrogens with one attached hydrogen (secondary N) is 1. The zero-order chi connectivity index (χ0) is 18.2. The van der Waals surface area contributed by atoms with Crippen molar-refractivity contribution in [1.82, 2.24) is 0 Å². The second kappa shape index (κ2) is 8.26. The smallest absolute Gasteiger partial charge is 0.269 e. The number of hydrogen-bond acceptors (Lipinski definition) is 5. The number of nitro groups is 1. The summed E-state index contributed by atoms with van der Waals surface area (Å²) in [5, 5.41) is 22.3. The van der Waals surface area contributed by atoms with Crippen molar-refractivity contribution in [1.29, 1.82) is 5.26 Å². The number of amides is 1. The summed E-state index contributed by atoms with van der Waals surface area (Å²) >= 11 is 0. The molecule has 0 atom stereocenters. The fraction of sp³-hybridized carbons (Fsp3) is 0.111. The first-order valence-electron chi connectivity index (χ1n) is 7.34. The molecule has 0 spiro atoms. The Morgan fingerprint density at radius 2 is 2.16 bits per heavy atom. The van der Waals surface area contributed by atoms with Gasteiger partial charge in [0, 0.05) is 23.4 Å². The molecule has 0 unspecified atom stereocenters. The average molecular weight is 337 g/mol. The number of allylic oxidation sites excluding steroid dienone is 1. The summed E-state index contributed by atoms with van der Waals surface area (Å²) in [7, 11) is 0. The summed E-state index contributed by atoms with van der Waals surface area (Å²) in [5.41, 5.74) is 1.44. The van der Waals surface area contributed by atoms with Crippen LogP contribution in [0.4, 0.5) is 11.4 Å². The quantitative estimate of drug-likeness (QED) is 0.474. The highest BCUT2D eigenvalue weighted by atomic mass is 16.6. The number of anilines is 1. The van der Waals surface area contributed by atoms with Crippen LogP contribution < -0.4 is 10.1 Å². The molecular formula is C18H15N3O4. The highest BCUT2D eigenvalue weighted by Gasteiger charge is 2.12. The van der Waals surface area contributed by atoms with Crippen molar-refractivity contribution < 1.29 is 14.5 Å². The number of nitriles is 1. The first-order chi connectivity index (χ1) is 12.0. The number of carbonyl (C=O) groups excluding carboxylic acids is 1. The van der Waals surface area contributed by atoms with Gasteiger partial charge in [-0.3, -0.25) is 14.9 Å². The zero-order valence-corrected chi connectivity index (χ0v) is 13.3. The number of carbonyl (C=O) groups is 1. The van der Waals surface area contributed by atoms with Gasteiger partial charge in [0.25, 0.3) is 11.6 Å². The Labute approximate surface area is 144 Å². The SMILES string of the molecule is C=CCc1cc([N+](=O)[O-])ccc1OCC(=O)Nc1cccc(C#N)c1. The van der Waals surface area contributed by atoms with Crippen LogP contribution in [-0.2, 0) is 11.2 Å². The second-order valence-corrected chi connectivity index (χ2v) is 5.07. The van der Waals surface area contributed by atoms with Crippen LogP contribution in [0.1, 0.15) is 11.1 Å². The van der Waals surface area contributed by atoms with E-state index >= 15 is 0 Å². The minimum absolute atomic E-state index is 0.0537. The Kier molecular flexibility index (Phi) is 5.85. The van der Waals surface area contributed by atoms with E-state index < -0.39 is 10.8 Å². The summed E-state index contributed by atoms with van der Waals surface area (Å²) in [6.45, 7) is 3.34. The maximum atomic E-state index is 12.0. The third-order valence-corrected chi connectivity index (χ3v) is 3.25. The molecule has 7 nitrogen and oxygen atoms in total. The summed E-state index contributed by atoms with van der Waals surface area (Å²) in [5.74, 6) is -0.0237. The number of non-ortho nitro benzene ring substituents is 1. The van der Waals surface area contributed by atoms with E-state index in [4.69, 9.17) is 10.00 Å². The standard InChI is InChI=1S/C18H15N3O4/c1-2-4-14-10-16(21(23)24)7-8-17(14)25-12-18(22)20-15-6-3-5-13(9-15)11-19/h2-3,5-10H,1,4,12H2,(H,20,22). The van der Waals surface area contributed by atoms with Crippen LogP contribution in [0.2, 0.25) is 0 Å². The van der Waals surface area contributed by atoms with Gasteiger partial charge in [-0.15, -0.1) is 6.58 Å². The van der Waals surface area contributed by atoms with Crippen LogP contribution in [0.3, 0.4) is 0 Å². The summed E-state index contributed by atoms with van der Waals surface area (Å²) in [6, 6.07) is 12.7. The van der Waals surface area contributed by atoms with E-state index in [1.165, 1.54) is 18.2 Å². The summed E-state index contributed by atoms with van der Waals surface area (Å²) < 4.78 is 5.47. The molecule has 126 valence electrons. The number of nitro benzene ring substituents is 1. The molecule has 0 fully saturated rings. The molecule has 2 aromatic rings. The van der Waals surface area contributed by atoms with E-state index in [9.17, 15) is 14.9 Å². The van der Waals surface area contributed by atoms with E-state index in [0.29, 0.717) is 29.0 Å². The summed E-state index contributed by atoms with van der Waals surface area (Å²) in [4.78, 5) is 22.3. The molecule has 2 aromatic carbocycles. The Hall–Kier alpha value is -3.66. The molecule has 0 saturated heterocycles. The van der Waals surface area contributed by atoms with E-state index in [1.54, 1.807) is 30.3 Å². The van der Waals surface area contributed by atoms with Crippen molar-refractivity contribution in [2.24, 2.45) is 0 Å². The van der Waals surface area contributed by atoms with Gasteiger partial charge < -0.3 is 10.1 Å². The van der Waals surface area contributed by atoms with Gasteiger partial charge in [0.05, 0.1) is 16.6 Å². The van der Waals surface area contributed by atoms with E-state index in [-0.39, 0.29) is 12.3 Å². The maximum Gasteiger partial charge on any atom is 0.269 e. The average Bonchev–Trinajstić information content (AvgIpc) is 2.61. The third-order valence-electron chi connectivity index (χ3n) is 3.25.